The summed E-state index contributed by atoms with van der Waals surface area (Å²) in [6.45, 7) is 3.71. The van der Waals surface area contributed by atoms with Gasteiger partial charge < -0.3 is 21.1 Å². The van der Waals surface area contributed by atoms with Gasteiger partial charge in [0.25, 0.3) is 0 Å². The molecule has 8 heteroatoms. The maximum absolute atomic E-state index is 13.8. The van der Waals surface area contributed by atoms with Crippen molar-refractivity contribution in [1.29, 1.82) is 0 Å². The van der Waals surface area contributed by atoms with Crippen LogP contribution in [0.15, 0.2) is 52.5 Å². The molecular formula is C22H27BrClF2N3O. The van der Waals surface area contributed by atoms with Gasteiger partial charge in [-0.25, -0.2) is 8.78 Å². The number of anilines is 1. The molecule has 4 N–H and O–H groups in total. The first-order valence-electron chi connectivity index (χ1n) is 9.72. The highest BCUT2D eigenvalue weighted by atomic mass is 79.9. The van der Waals surface area contributed by atoms with Crippen molar-refractivity contribution >= 4 is 33.2 Å². The lowest BCUT2D eigenvalue weighted by molar-refractivity contribution is 0.236. The maximum atomic E-state index is 13.8. The van der Waals surface area contributed by atoms with Crippen molar-refractivity contribution in [2.45, 2.75) is 32.0 Å². The first kappa shape index (κ1) is 24.8. The number of nitrogens with one attached hydrogen (secondary N) is 3. The smallest absolute Gasteiger partial charge is 0.147 e. The molecule has 0 aromatic heterocycles. The Morgan fingerprint density at radius 1 is 1.20 bits per heavy atom. The van der Waals surface area contributed by atoms with E-state index in [9.17, 15) is 13.9 Å². The second-order valence-electron chi connectivity index (χ2n) is 7.05. The van der Waals surface area contributed by atoms with Gasteiger partial charge in [-0.1, -0.05) is 29.8 Å². The number of aliphatic hydroxyl groups excluding tert-OH is 1. The SMILES string of the molecule is CNCCCNC(C)/C=C(\Cc1cccc(Cl)c1)C(O)Nc1cc(F)c(Br)c(F)c1. The van der Waals surface area contributed by atoms with E-state index in [0.29, 0.717) is 17.0 Å². The van der Waals surface area contributed by atoms with Gasteiger partial charge in [0.2, 0.25) is 0 Å². The van der Waals surface area contributed by atoms with Crippen LogP contribution in [-0.2, 0) is 6.42 Å². The molecule has 2 rings (SSSR count). The average molecular weight is 503 g/mol. The Morgan fingerprint density at radius 2 is 1.90 bits per heavy atom. The molecule has 164 valence electrons. The van der Waals surface area contributed by atoms with Crippen LogP contribution in [-0.4, -0.2) is 37.5 Å². The van der Waals surface area contributed by atoms with E-state index in [0.717, 1.165) is 37.2 Å². The van der Waals surface area contributed by atoms with Crippen LogP contribution in [0.25, 0.3) is 0 Å². The highest BCUT2D eigenvalue weighted by Crippen LogP contribution is 2.25. The zero-order valence-corrected chi connectivity index (χ0v) is 19.3. The van der Waals surface area contributed by atoms with E-state index in [1.807, 2.05) is 38.2 Å². The van der Waals surface area contributed by atoms with Crippen LogP contribution in [0.4, 0.5) is 14.5 Å². The van der Waals surface area contributed by atoms with Gasteiger partial charge in [-0.05, 0) is 91.2 Å². The molecule has 2 atom stereocenters. The Labute approximate surface area is 189 Å². The molecule has 0 bridgehead atoms. The van der Waals surface area contributed by atoms with Gasteiger partial charge in [0, 0.05) is 16.8 Å². The first-order chi connectivity index (χ1) is 14.3. The second-order valence-corrected chi connectivity index (χ2v) is 8.28. The Bertz CT molecular complexity index is 843. The van der Waals surface area contributed by atoms with Gasteiger partial charge in [-0.2, -0.15) is 0 Å². The van der Waals surface area contributed by atoms with Crippen molar-refractivity contribution in [3.63, 3.8) is 0 Å². The fourth-order valence-corrected chi connectivity index (χ4v) is 3.44. The summed E-state index contributed by atoms with van der Waals surface area (Å²) >= 11 is 8.94. The molecule has 0 aliphatic heterocycles. The molecule has 2 aromatic rings. The standard InChI is InChI=1S/C22H27BrClF2N3O/c1-14(28-8-4-7-27-2)9-16(10-15-5-3-6-17(24)11-15)22(30)29-18-12-19(25)21(23)20(26)13-18/h3,5-6,9,11-14,22,27-30H,4,7-8,10H2,1-2H3/b16-9+. The summed E-state index contributed by atoms with van der Waals surface area (Å²) in [6, 6.07) is 9.62. The van der Waals surface area contributed by atoms with Crippen LogP contribution >= 0.6 is 27.5 Å². The second kappa shape index (κ2) is 12.4. The van der Waals surface area contributed by atoms with E-state index in [4.69, 9.17) is 11.6 Å². The van der Waals surface area contributed by atoms with Crippen molar-refractivity contribution < 1.29 is 13.9 Å². The average Bonchev–Trinajstić information content (AvgIpc) is 2.69. The summed E-state index contributed by atoms with van der Waals surface area (Å²) in [7, 11) is 1.91. The molecule has 0 saturated carbocycles. The molecule has 2 unspecified atom stereocenters. The molecule has 0 saturated heterocycles. The quantitative estimate of drug-likeness (QED) is 0.153. The van der Waals surface area contributed by atoms with Crippen molar-refractivity contribution in [2.75, 3.05) is 25.5 Å². The van der Waals surface area contributed by atoms with Gasteiger partial charge in [-0.3, -0.25) is 0 Å². The van der Waals surface area contributed by atoms with E-state index in [2.05, 4.69) is 31.9 Å². The molecular weight excluding hydrogens is 476 g/mol. The third-order valence-electron chi connectivity index (χ3n) is 4.47. The minimum absolute atomic E-state index is 0.00844. The van der Waals surface area contributed by atoms with Crippen molar-refractivity contribution in [1.82, 2.24) is 10.6 Å². The van der Waals surface area contributed by atoms with Crippen molar-refractivity contribution in [2.24, 2.45) is 0 Å². The Hall–Kier alpha value is -1.51. The topological polar surface area (TPSA) is 56.3 Å². The summed E-state index contributed by atoms with van der Waals surface area (Å²) in [4.78, 5) is 0. The van der Waals surface area contributed by atoms with Crippen LogP contribution in [0.1, 0.15) is 18.9 Å². The highest BCUT2D eigenvalue weighted by Gasteiger charge is 2.16. The molecule has 0 heterocycles. The summed E-state index contributed by atoms with van der Waals surface area (Å²) in [5.41, 5.74) is 1.73. The number of benzene rings is 2. The van der Waals surface area contributed by atoms with Crippen LogP contribution in [0.3, 0.4) is 0 Å². The molecule has 2 aromatic carbocycles. The van der Waals surface area contributed by atoms with Gasteiger partial charge in [0.1, 0.15) is 17.9 Å². The molecule has 0 fully saturated rings. The van der Waals surface area contributed by atoms with Crippen molar-refractivity contribution in [3.8, 4) is 0 Å². The summed E-state index contributed by atoms with van der Waals surface area (Å²) in [5, 5.41) is 20.7. The molecule has 4 nitrogen and oxygen atoms in total. The molecule has 0 radical (unpaired) electrons. The Kier molecular flexibility index (Phi) is 10.2. The maximum Gasteiger partial charge on any atom is 0.147 e. The molecule has 30 heavy (non-hydrogen) atoms. The number of rotatable bonds is 11. The number of hydrogen-bond donors (Lipinski definition) is 4. The fraction of sp³-hybridized carbons (Fsp3) is 0.364. The van der Waals surface area contributed by atoms with Crippen molar-refractivity contribution in [3.05, 3.63) is 74.7 Å². The molecule has 0 aliphatic rings. The highest BCUT2D eigenvalue weighted by molar-refractivity contribution is 9.10. The Morgan fingerprint density at radius 3 is 2.53 bits per heavy atom. The van der Waals surface area contributed by atoms with E-state index < -0.39 is 17.9 Å². The van der Waals surface area contributed by atoms with E-state index in [1.165, 1.54) is 0 Å². The fourth-order valence-electron chi connectivity index (χ4n) is 2.99. The number of hydrogen-bond acceptors (Lipinski definition) is 4. The summed E-state index contributed by atoms with van der Waals surface area (Å²) in [5.74, 6) is -1.49. The van der Waals surface area contributed by atoms with E-state index >= 15 is 0 Å². The molecule has 0 spiro atoms. The minimum Gasteiger partial charge on any atom is -0.370 e. The van der Waals surface area contributed by atoms with Crippen LogP contribution in [0.5, 0.6) is 0 Å². The van der Waals surface area contributed by atoms with E-state index in [-0.39, 0.29) is 16.2 Å². The molecule has 0 aliphatic carbocycles. The predicted molar refractivity (Wildman–Crippen MR) is 123 cm³/mol. The minimum atomic E-state index is -1.13. The van der Waals surface area contributed by atoms with Gasteiger partial charge in [-0.15, -0.1) is 0 Å². The zero-order valence-electron chi connectivity index (χ0n) is 17.0. The lowest BCUT2D eigenvalue weighted by atomic mass is 10.0. The van der Waals surface area contributed by atoms with Crippen LogP contribution in [0.2, 0.25) is 5.02 Å². The third-order valence-corrected chi connectivity index (χ3v) is 5.46. The van der Waals surface area contributed by atoms with Gasteiger partial charge in [0.05, 0.1) is 4.47 Å². The number of halogens is 4. The van der Waals surface area contributed by atoms with Gasteiger partial charge >= 0.3 is 0 Å². The van der Waals surface area contributed by atoms with Crippen LogP contribution in [0, 0.1) is 11.6 Å². The summed E-state index contributed by atoms with van der Waals surface area (Å²) < 4.78 is 27.4. The molecule has 0 amide bonds. The van der Waals surface area contributed by atoms with E-state index in [1.54, 1.807) is 6.07 Å². The lowest BCUT2D eigenvalue weighted by Gasteiger charge is -2.21. The lowest BCUT2D eigenvalue weighted by Crippen LogP contribution is -2.30. The normalized spacial score (nSPS) is 13.9. The largest absolute Gasteiger partial charge is 0.370 e. The third kappa shape index (κ3) is 7.96. The predicted octanol–water partition coefficient (Wildman–Crippen LogP) is 4.87. The summed E-state index contributed by atoms with van der Waals surface area (Å²) in [6.07, 6.45) is 2.18. The number of aliphatic hydroxyl groups is 1. The van der Waals surface area contributed by atoms with Gasteiger partial charge in [0.15, 0.2) is 0 Å². The Balaban J connectivity index is 2.19. The first-order valence-corrected chi connectivity index (χ1v) is 10.9. The monoisotopic (exact) mass is 501 g/mol. The zero-order chi connectivity index (χ0) is 22.1. The van der Waals surface area contributed by atoms with Crippen LogP contribution < -0.4 is 16.0 Å².